The van der Waals surface area contributed by atoms with Gasteiger partial charge in [-0.25, -0.2) is 4.39 Å². The lowest BCUT2D eigenvalue weighted by Gasteiger charge is -2.21. The second-order valence-corrected chi connectivity index (χ2v) is 9.12. The highest BCUT2D eigenvalue weighted by molar-refractivity contribution is 7.98. The summed E-state index contributed by atoms with van der Waals surface area (Å²) in [6.45, 7) is 5.32. The predicted octanol–water partition coefficient (Wildman–Crippen LogP) is 3.34. The molecule has 1 aromatic carbocycles. The number of esters is 1. The fourth-order valence-corrected chi connectivity index (χ4v) is 3.81. The molecule has 0 saturated carbocycles. The minimum atomic E-state index is -0.622. The third kappa shape index (κ3) is 6.78. The standard InChI is InChI=1S/C22H25FN4O3S/c1-22(2,3)30-19(28)13-27-12-17(9-16-10-24-26(4)11-16)20(29)25-21(27)31-14-15-5-7-18(23)8-6-15/h5-8,10-12H,9,13-14H2,1-4H3. The van der Waals surface area contributed by atoms with Gasteiger partial charge < -0.3 is 9.30 Å². The van der Waals surface area contributed by atoms with Crippen LogP contribution in [0.2, 0.25) is 0 Å². The Kier molecular flexibility index (Phi) is 6.94. The first-order valence-electron chi connectivity index (χ1n) is 9.76. The monoisotopic (exact) mass is 444 g/mol. The molecular formula is C22H25FN4O3S. The molecule has 0 aliphatic heterocycles. The van der Waals surface area contributed by atoms with Crippen LogP contribution in [0.3, 0.4) is 0 Å². The van der Waals surface area contributed by atoms with Crippen molar-refractivity contribution in [2.75, 3.05) is 0 Å². The number of benzene rings is 1. The average molecular weight is 445 g/mol. The van der Waals surface area contributed by atoms with E-state index in [1.807, 2.05) is 6.20 Å². The number of ether oxygens (including phenoxy) is 1. The first-order valence-corrected chi connectivity index (χ1v) is 10.7. The quantitative estimate of drug-likeness (QED) is 0.316. The molecule has 0 N–H and O–H groups in total. The van der Waals surface area contributed by atoms with Crippen molar-refractivity contribution in [2.45, 2.75) is 50.2 Å². The van der Waals surface area contributed by atoms with Gasteiger partial charge in [-0.2, -0.15) is 10.1 Å². The van der Waals surface area contributed by atoms with Crippen LogP contribution in [0, 0.1) is 5.82 Å². The van der Waals surface area contributed by atoms with Crippen molar-refractivity contribution in [1.82, 2.24) is 19.3 Å². The van der Waals surface area contributed by atoms with Crippen LogP contribution >= 0.6 is 11.8 Å². The number of hydrogen-bond acceptors (Lipinski definition) is 6. The zero-order chi connectivity index (χ0) is 22.6. The maximum Gasteiger partial charge on any atom is 0.326 e. The van der Waals surface area contributed by atoms with E-state index in [0.29, 0.717) is 22.9 Å². The van der Waals surface area contributed by atoms with Crippen molar-refractivity contribution < 1.29 is 13.9 Å². The maximum absolute atomic E-state index is 13.1. The Balaban J connectivity index is 1.87. The van der Waals surface area contributed by atoms with Gasteiger partial charge in [-0.15, -0.1) is 0 Å². The van der Waals surface area contributed by atoms with Gasteiger partial charge in [0.1, 0.15) is 18.0 Å². The van der Waals surface area contributed by atoms with Crippen molar-refractivity contribution in [2.24, 2.45) is 7.05 Å². The van der Waals surface area contributed by atoms with Crippen LogP contribution in [0.1, 0.15) is 37.5 Å². The van der Waals surface area contributed by atoms with Crippen molar-refractivity contribution in [1.29, 1.82) is 0 Å². The molecule has 0 saturated heterocycles. The number of thioether (sulfide) groups is 1. The number of nitrogens with zero attached hydrogens (tertiary/aromatic N) is 4. The average Bonchev–Trinajstić information content (AvgIpc) is 3.07. The summed E-state index contributed by atoms with van der Waals surface area (Å²) in [6.07, 6.45) is 5.53. The summed E-state index contributed by atoms with van der Waals surface area (Å²) in [6, 6.07) is 6.12. The molecule has 3 aromatic rings. The van der Waals surface area contributed by atoms with Crippen LogP contribution in [0.15, 0.2) is 52.8 Å². The Labute approximate surface area is 184 Å². The van der Waals surface area contributed by atoms with Gasteiger partial charge in [0.2, 0.25) is 0 Å². The number of aryl methyl sites for hydroxylation is 1. The molecule has 0 aliphatic carbocycles. The van der Waals surface area contributed by atoms with Crippen LogP contribution < -0.4 is 5.56 Å². The second-order valence-electron chi connectivity index (χ2n) is 8.18. The molecule has 0 radical (unpaired) electrons. The van der Waals surface area contributed by atoms with Crippen LogP contribution in [0.4, 0.5) is 4.39 Å². The number of halogens is 1. The van der Waals surface area contributed by atoms with E-state index in [1.54, 1.807) is 61.6 Å². The topological polar surface area (TPSA) is 79.0 Å². The molecule has 3 rings (SSSR count). The molecule has 0 bridgehead atoms. The molecule has 2 aromatic heterocycles. The Bertz CT molecular complexity index is 1120. The van der Waals surface area contributed by atoms with E-state index in [2.05, 4.69) is 10.1 Å². The number of carbonyl (C=O) groups is 1. The zero-order valence-corrected chi connectivity index (χ0v) is 18.8. The highest BCUT2D eigenvalue weighted by Crippen LogP contribution is 2.21. The van der Waals surface area contributed by atoms with E-state index >= 15 is 0 Å². The first kappa shape index (κ1) is 22.7. The molecule has 31 heavy (non-hydrogen) atoms. The summed E-state index contributed by atoms with van der Waals surface area (Å²) >= 11 is 1.30. The summed E-state index contributed by atoms with van der Waals surface area (Å²) in [4.78, 5) is 29.3. The summed E-state index contributed by atoms with van der Waals surface area (Å²) in [7, 11) is 1.80. The SMILES string of the molecule is Cn1cc(Cc2cn(CC(=O)OC(C)(C)C)c(SCc3ccc(F)cc3)nc2=O)cn1. The second kappa shape index (κ2) is 9.47. The summed E-state index contributed by atoms with van der Waals surface area (Å²) in [5.41, 5.74) is 1.23. The van der Waals surface area contributed by atoms with Crippen LogP contribution in [0.5, 0.6) is 0 Å². The third-order valence-corrected chi connectivity index (χ3v) is 5.24. The summed E-state index contributed by atoms with van der Waals surface area (Å²) < 4.78 is 21.9. The molecular weight excluding hydrogens is 419 g/mol. The van der Waals surface area contributed by atoms with Gasteiger partial charge in [-0.1, -0.05) is 23.9 Å². The number of rotatable bonds is 7. The first-order chi connectivity index (χ1) is 14.6. The van der Waals surface area contributed by atoms with Crippen LogP contribution in [-0.4, -0.2) is 30.9 Å². The maximum atomic E-state index is 13.1. The Morgan fingerprint density at radius 1 is 1.16 bits per heavy atom. The molecule has 0 unspecified atom stereocenters. The van der Waals surface area contributed by atoms with Crippen LogP contribution in [-0.2, 0) is 35.3 Å². The molecule has 9 heteroatoms. The lowest BCUT2D eigenvalue weighted by atomic mass is 10.1. The van der Waals surface area contributed by atoms with Gasteiger partial charge in [0, 0.05) is 37.2 Å². The van der Waals surface area contributed by atoms with Crippen LogP contribution in [0.25, 0.3) is 0 Å². The molecule has 7 nitrogen and oxygen atoms in total. The van der Waals surface area contributed by atoms with Crippen molar-refractivity contribution >= 4 is 17.7 Å². The number of hydrogen-bond donors (Lipinski definition) is 0. The van der Waals surface area contributed by atoms with E-state index in [0.717, 1.165) is 11.1 Å². The van der Waals surface area contributed by atoms with Gasteiger partial charge in [-0.05, 0) is 44.0 Å². The smallest absolute Gasteiger partial charge is 0.326 e. The lowest BCUT2D eigenvalue weighted by Crippen LogP contribution is -2.28. The van der Waals surface area contributed by atoms with Crippen molar-refractivity contribution in [3.63, 3.8) is 0 Å². The molecule has 0 aliphatic rings. The summed E-state index contributed by atoms with van der Waals surface area (Å²) in [5, 5.41) is 4.52. The van der Waals surface area contributed by atoms with Gasteiger partial charge in [0.15, 0.2) is 5.16 Å². The molecule has 0 amide bonds. The molecule has 164 valence electrons. The highest BCUT2D eigenvalue weighted by Gasteiger charge is 2.19. The van der Waals surface area contributed by atoms with Crippen molar-refractivity contribution in [3.8, 4) is 0 Å². The lowest BCUT2D eigenvalue weighted by molar-refractivity contribution is -0.155. The van der Waals surface area contributed by atoms with E-state index < -0.39 is 11.6 Å². The summed E-state index contributed by atoms with van der Waals surface area (Å²) in [5.74, 6) is -0.259. The van der Waals surface area contributed by atoms with E-state index in [1.165, 1.54) is 23.9 Å². The Morgan fingerprint density at radius 2 is 1.87 bits per heavy atom. The zero-order valence-electron chi connectivity index (χ0n) is 18.0. The number of carbonyl (C=O) groups excluding carboxylic acids is 1. The molecule has 0 fully saturated rings. The Hall–Kier alpha value is -2.94. The van der Waals surface area contributed by atoms with Gasteiger partial charge in [-0.3, -0.25) is 14.3 Å². The van der Waals surface area contributed by atoms with E-state index in [-0.39, 0.29) is 17.9 Å². The van der Waals surface area contributed by atoms with E-state index in [4.69, 9.17) is 4.74 Å². The molecule has 2 heterocycles. The van der Waals surface area contributed by atoms with Gasteiger partial charge >= 0.3 is 5.97 Å². The van der Waals surface area contributed by atoms with Crippen molar-refractivity contribution in [3.05, 3.63) is 75.7 Å². The molecule has 0 spiro atoms. The van der Waals surface area contributed by atoms with Gasteiger partial charge in [0.05, 0.1) is 6.20 Å². The fraction of sp³-hybridized carbons (Fsp3) is 0.364. The normalized spacial score (nSPS) is 11.5. The van der Waals surface area contributed by atoms with E-state index in [9.17, 15) is 14.0 Å². The minimum Gasteiger partial charge on any atom is -0.459 e. The van der Waals surface area contributed by atoms with Gasteiger partial charge in [0.25, 0.3) is 5.56 Å². The predicted molar refractivity (Wildman–Crippen MR) is 116 cm³/mol. The Morgan fingerprint density at radius 3 is 2.48 bits per heavy atom. The third-order valence-electron chi connectivity index (χ3n) is 4.18. The minimum absolute atomic E-state index is 0.0731. The fourth-order valence-electron chi connectivity index (χ4n) is 2.90. The molecule has 0 atom stereocenters. The highest BCUT2D eigenvalue weighted by atomic mass is 32.2. The number of aromatic nitrogens is 4. The largest absolute Gasteiger partial charge is 0.459 e.